The van der Waals surface area contributed by atoms with Crippen LogP contribution in [0.4, 0.5) is 0 Å². The molecule has 0 aliphatic carbocycles. The average Bonchev–Trinajstić information content (AvgIpc) is 1.38. The molecule has 30 valence electrons. The number of nitroso groups, excluding NO2 is 1. The van der Waals surface area contributed by atoms with E-state index in [2.05, 4.69) is 5.29 Å². The van der Waals surface area contributed by atoms with E-state index < -0.39 is 0 Å². The molecule has 0 aromatic carbocycles. The smallest absolute Gasteiger partial charge is 0.267 e. The number of hydrogen-bond acceptors (Lipinski definition) is 2. The van der Waals surface area contributed by atoms with E-state index in [9.17, 15) is 4.91 Å². The number of rotatable bonds is 1. The van der Waals surface area contributed by atoms with Gasteiger partial charge in [-0.1, -0.05) is 0 Å². The molecule has 0 aromatic rings. The molecule has 0 saturated carbocycles. The number of nitrogens with zero attached hydrogens (tertiary/aromatic N) is 2. The fourth-order valence-corrected chi connectivity index (χ4v) is 0. The van der Waals surface area contributed by atoms with Crippen molar-refractivity contribution in [1.82, 2.24) is 5.01 Å². The van der Waals surface area contributed by atoms with Crippen molar-refractivity contribution in [2.75, 3.05) is 14.1 Å². The maximum atomic E-state index is 9.18. The maximum Gasteiger partial charge on any atom is 1.00 e. The SMILES string of the molecule is CN(C)N=O.[Li+]. The second-order valence-electron chi connectivity index (χ2n) is 0.929. The van der Waals surface area contributed by atoms with Gasteiger partial charge in [0.05, 0.1) is 5.29 Å². The Morgan fingerprint density at radius 3 is 1.67 bits per heavy atom. The first-order valence-corrected chi connectivity index (χ1v) is 1.28. The molecule has 0 saturated heterocycles. The minimum absolute atomic E-state index is 0. The summed E-state index contributed by atoms with van der Waals surface area (Å²) in [6.07, 6.45) is 0. The zero-order valence-corrected chi connectivity index (χ0v) is 4.30. The molecule has 0 rings (SSSR count). The Hall–Kier alpha value is -0.00260. The molecular formula is C2H6LiN2O+. The molecule has 6 heavy (non-hydrogen) atoms. The van der Waals surface area contributed by atoms with Gasteiger partial charge in [0.25, 0.3) is 0 Å². The van der Waals surface area contributed by atoms with Gasteiger partial charge in [-0.15, -0.1) is 4.91 Å². The first-order chi connectivity index (χ1) is 2.27. The summed E-state index contributed by atoms with van der Waals surface area (Å²) in [5.74, 6) is 0. The summed E-state index contributed by atoms with van der Waals surface area (Å²) in [7, 11) is 3.15. The second-order valence-corrected chi connectivity index (χ2v) is 0.929. The molecule has 0 fully saturated rings. The summed E-state index contributed by atoms with van der Waals surface area (Å²) in [6.45, 7) is 0. The largest absolute Gasteiger partial charge is 1.00 e. The molecule has 0 spiro atoms. The van der Waals surface area contributed by atoms with Crippen molar-refractivity contribution in [3.05, 3.63) is 4.91 Å². The molecular weight excluding hydrogens is 75.0 g/mol. The quantitative estimate of drug-likeness (QED) is 0.194. The summed E-state index contributed by atoms with van der Waals surface area (Å²) in [6, 6.07) is 0. The topological polar surface area (TPSA) is 32.7 Å². The molecule has 0 aliphatic rings. The molecule has 0 N–H and O–H groups in total. The van der Waals surface area contributed by atoms with E-state index in [1.807, 2.05) is 0 Å². The van der Waals surface area contributed by atoms with Crippen molar-refractivity contribution in [2.24, 2.45) is 5.29 Å². The van der Waals surface area contributed by atoms with Gasteiger partial charge in [0.2, 0.25) is 0 Å². The Labute approximate surface area is 48.8 Å². The van der Waals surface area contributed by atoms with Crippen LogP contribution in [0.1, 0.15) is 0 Å². The van der Waals surface area contributed by atoms with Crippen LogP contribution in [-0.2, 0) is 0 Å². The third kappa shape index (κ3) is 9.00. The van der Waals surface area contributed by atoms with Crippen LogP contribution in [0.5, 0.6) is 0 Å². The van der Waals surface area contributed by atoms with E-state index in [0.717, 1.165) is 0 Å². The predicted octanol–water partition coefficient (Wildman–Crippen LogP) is -2.77. The second kappa shape index (κ2) is 5.00. The molecule has 0 atom stereocenters. The van der Waals surface area contributed by atoms with Gasteiger partial charge in [-0.3, -0.25) is 5.01 Å². The predicted molar refractivity (Wildman–Crippen MR) is 19.5 cm³/mol. The van der Waals surface area contributed by atoms with Crippen LogP contribution >= 0.6 is 0 Å². The van der Waals surface area contributed by atoms with Crippen LogP contribution in [0.25, 0.3) is 0 Å². The van der Waals surface area contributed by atoms with Crippen molar-refractivity contribution in [2.45, 2.75) is 0 Å². The first kappa shape index (κ1) is 9.37. The summed E-state index contributed by atoms with van der Waals surface area (Å²) < 4.78 is 0. The van der Waals surface area contributed by atoms with E-state index in [0.29, 0.717) is 0 Å². The van der Waals surface area contributed by atoms with Crippen molar-refractivity contribution in [1.29, 1.82) is 0 Å². The van der Waals surface area contributed by atoms with Crippen LogP contribution in [-0.4, -0.2) is 19.1 Å². The fourth-order valence-electron chi connectivity index (χ4n) is 0. The van der Waals surface area contributed by atoms with Gasteiger partial charge < -0.3 is 0 Å². The summed E-state index contributed by atoms with van der Waals surface area (Å²) >= 11 is 0. The van der Waals surface area contributed by atoms with E-state index in [4.69, 9.17) is 0 Å². The monoisotopic (exact) mass is 81.1 g/mol. The van der Waals surface area contributed by atoms with Gasteiger partial charge in [0.15, 0.2) is 0 Å². The molecule has 4 heteroatoms. The Kier molecular flexibility index (Phi) is 7.81. The maximum absolute atomic E-state index is 9.18. The molecule has 0 aliphatic heterocycles. The van der Waals surface area contributed by atoms with Crippen molar-refractivity contribution < 1.29 is 18.9 Å². The molecule has 3 nitrogen and oxygen atoms in total. The van der Waals surface area contributed by atoms with Crippen molar-refractivity contribution >= 4 is 0 Å². The van der Waals surface area contributed by atoms with Crippen molar-refractivity contribution in [3.8, 4) is 0 Å². The summed E-state index contributed by atoms with van der Waals surface area (Å²) in [5, 5.41) is 3.67. The molecule has 0 heterocycles. The van der Waals surface area contributed by atoms with Gasteiger partial charge >= 0.3 is 18.9 Å². The standard InChI is InChI=1S/C2H6N2O.Li/c1-4(2)3-5;/h1-2H3;/q;+1. The van der Waals surface area contributed by atoms with Gasteiger partial charge in [0, 0.05) is 14.1 Å². The van der Waals surface area contributed by atoms with Gasteiger partial charge in [-0.2, -0.15) is 0 Å². The Bertz CT molecular complexity index is 38.5. The minimum Gasteiger partial charge on any atom is -0.267 e. The van der Waals surface area contributed by atoms with E-state index in [1.165, 1.54) is 5.01 Å². The zero-order valence-electron chi connectivity index (χ0n) is 4.30. The Balaban J connectivity index is 0. The average molecular weight is 81.0 g/mol. The third-order valence-corrected chi connectivity index (χ3v) is 0.163. The first-order valence-electron chi connectivity index (χ1n) is 1.28. The van der Waals surface area contributed by atoms with Crippen LogP contribution in [0, 0.1) is 4.91 Å². The Morgan fingerprint density at radius 2 is 1.67 bits per heavy atom. The minimum atomic E-state index is 0. The van der Waals surface area contributed by atoms with Gasteiger partial charge in [-0.25, -0.2) is 0 Å². The molecule has 0 unspecified atom stereocenters. The van der Waals surface area contributed by atoms with Crippen molar-refractivity contribution in [3.63, 3.8) is 0 Å². The normalized spacial score (nSPS) is 5.67. The van der Waals surface area contributed by atoms with Crippen LogP contribution in [0.3, 0.4) is 0 Å². The van der Waals surface area contributed by atoms with E-state index in [1.54, 1.807) is 14.1 Å². The molecule has 0 radical (unpaired) electrons. The van der Waals surface area contributed by atoms with Crippen LogP contribution < -0.4 is 18.9 Å². The van der Waals surface area contributed by atoms with E-state index >= 15 is 0 Å². The Morgan fingerprint density at radius 1 is 1.50 bits per heavy atom. The molecule has 0 bridgehead atoms. The molecule has 0 amide bonds. The van der Waals surface area contributed by atoms with E-state index in [-0.39, 0.29) is 18.9 Å². The van der Waals surface area contributed by atoms with Crippen LogP contribution in [0.15, 0.2) is 5.29 Å². The zero-order chi connectivity index (χ0) is 4.28. The fraction of sp³-hybridized carbons (Fsp3) is 1.00. The number of hydrogen-bond donors (Lipinski definition) is 0. The third-order valence-electron chi connectivity index (χ3n) is 0.163. The summed E-state index contributed by atoms with van der Waals surface area (Å²) in [5.41, 5.74) is 0. The van der Waals surface area contributed by atoms with Gasteiger partial charge in [-0.05, 0) is 0 Å². The summed E-state index contributed by atoms with van der Waals surface area (Å²) in [4.78, 5) is 9.18. The molecule has 0 aromatic heterocycles. The van der Waals surface area contributed by atoms with Crippen LogP contribution in [0.2, 0.25) is 0 Å². The van der Waals surface area contributed by atoms with Gasteiger partial charge in [0.1, 0.15) is 0 Å².